The molecule has 112 valence electrons. The van der Waals surface area contributed by atoms with Crippen molar-refractivity contribution in [3.8, 4) is 11.3 Å². The molecule has 1 aliphatic heterocycles. The van der Waals surface area contributed by atoms with Crippen LogP contribution >= 0.6 is 0 Å². The maximum Gasteiger partial charge on any atom is 0.0708 e. The van der Waals surface area contributed by atoms with Crippen LogP contribution in [0.25, 0.3) is 22.2 Å². The molecular formula is C19H21N3. The zero-order chi connectivity index (χ0) is 14.9. The Bertz CT molecular complexity index is 768. The van der Waals surface area contributed by atoms with Gasteiger partial charge >= 0.3 is 0 Å². The molecule has 0 aliphatic carbocycles. The van der Waals surface area contributed by atoms with Crippen LogP contribution in [-0.4, -0.2) is 42.8 Å². The maximum absolute atomic E-state index is 2.48. The monoisotopic (exact) mass is 291 g/mol. The molecule has 1 saturated heterocycles. The van der Waals surface area contributed by atoms with Crippen molar-refractivity contribution in [2.45, 2.75) is 0 Å². The third-order valence-electron chi connectivity index (χ3n) is 4.52. The molecule has 0 N–H and O–H groups in total. The van der Waals surface area contributed by atoms with Crippen molar-refractivity contribution in [3.05, 3.63) is 60.7 Å². The third-order valence-corrected chi connectivity index (χ3v) is 4.52. The average molecular weight is 291 g/mol. The van der Waals surface area contributed by atoms with Crippen LogP contribution in [0.1, 0.15) is 0 Å². The molecule has 0 bridgehead atoms. The summed E-state index contributed by atoms with van der Waals surface area (Å²) in [6.45, 7) is 4.35. The van der Waals surface area contributed by atoms with E-state index in [-0.39, 0.29) is 0 Å². The van der Waals surface area contributed by atoms with Gasteiger partial charge in [-0.1, -0.05) is 48.5 Å². The first-order valence-electron chi connectivity index (χ1n) is 7.92. The minimum atomic E-state index is 1.06. The fraction of sp³-hybridized carbons (Fsp3) is 0.263. The Kier molecular flexibility index (Phi) is 3.35. The first kappa shape index (κ1) is 13.4. The van der Waals surface area contributed by atoms with Gasteiger partial charge in [0.15, 0.2) is 0 Å². The maximum atomic E-state index is 2.48. The highest BCUT2D eigenvalue weighted by atomic mass is 15.6. The van der Waals surface area contributed by atoms with E-state index in [0.29, 0.717) is 0 Å². The normalized spacial score (nSPS) is 16.3. The molecule has 4 rings (SSSR count). The molecule has 3 nitrogen and oxygen atoms in total. The Morgan fingerprint density at radius 3 is 2.23 bits per heavy atom. The highest BCUT2D eigenvalue weighted by Gasteiger charge is 2.19. The van der Waals surface area contributed by atoms with Gasteiger partial charge in [0.05, 0.1) is 11.2 Å². The number of para-hydroxylation sites is 1. The highest BCUT2D eigenvalue weighted by molar-refractivity contribution is 5.87. The first-order valence-corrected chi connectivity index (χ1v) is 7.92. The number of fused-ring (bicyclic) bond motifs is 1. The number of hydrogen-bond donors (Lipinski definition) is 0. The molecule has 0 unspecified atom stereocenters. The van der Waals surface area contributed by atoms with E-state index in [1.54, 1.807) is 0 Å². The fourth-order valence-corrected chi connectivity index (χ4v) is 3.26. The Morgan fingerprint density at radius 2 is 1.45 bits per heavy atom. The SMILES string of the molecule is CN1CCN(n2c(-c3ccccc3)cc3ccccc32)CC1. The molecule has 1 aromatic heterocycles. The molecular weight excluding hydrogens is 270 g/mol. The van der Waals surface area contributed by atoms with Crippen molar-refractivity contribution in [3.63, 3.8) is 0 Å². The number of aromatic nitrogens is 1. The van der Waals surface area contributed by atoms with E-state index >= 15 is 0 Å². The lowest BCUT2D eigenvalue weighted by molar-refractivity contribution is 0.290. The Hall–Kier alpha value is -2.26. The second-order valence-electron chi connectivity index (χ2n) is 6.02. The molecule has 3 aromatic rings. The molecule has 0 radical (unpaired) electrons. The second kappa shape index (κ2) is 5.50. The van der Waals surface area contributed by atoms with Gasteiger partial charge in [-0.05, 0) is 19.2 Å². The van der Waals surface area contributed by atoms with Crippen molar-refractivity contribution >= 4 is 10.9 Å². The van der Waals surface area contributed by atoms with Crippen LogP contribution in [0, 0.1) is 0 Å². The molecule has 0 spiro atoms. The van der Waals surface area contributed by atoms with Crippen LogP contribution in [-0.2, 0) is 0 Å². The van der Waals surface area contributed by atoms with Crippen molar-refractivity contribution in [1.29, 1.82) is 0 Å². The molecule has 0 saturated carbocycles. The zero-order valence-corrected chi connectivity index (χ0v) is 12.9. The summed E-state index contributed by atoms with van der Waals surface area (Å²) in [6, 6.07) is 21.7. The van der Waals surface area contributed by atoms with Gasteiger partial charge in [-0.15, -0.1) is 0 Å². The minimum absolute atomic E-state index is 1.06. The molecule has 3 heteroatoms. The van der Waals surface area contributed by atoms with Crippen LogP contribution in [0.15, 0.2) is 60.7 Å². The van der Waals surface area contributed by atoms with Crippen LogP contribution < -0.4 is 5.01 Å². The molecule has 1 aliphatic rings. The van der Waals surface area contributed by atoms with Crippen LogP contribution in [0.2, 0.25) is 0 Å². The van der Waals surface area contributed by atoms with Gasteiger partial charge in [0.2, 0.25) is 0 Å². The molecule has 0 amide bonds. The molecule has 0 atom stereocenters. The van der Waals surface area contributed by atoms with Gasteiger partial charge in [-0.2, -0.15) is 0 Å². The quantitative estimate of drug-likeness (QED) is 0.718. The molecule has 2 heterocycles. The largest absolute Gasteiger partial charge is 0.310 e. The van der Waals surface area contributed by atoms with E-state index in [2.05, 4.69) is 82.3 Å². The van der Waals surface area contributed by atoms with Crippen molar-refractivity contribution in [2.75, 3.05) is 38.2 Å². The standard InChI is InChI=1S/C19H21N3/c1-20-11-13-21(14-12-20)22-18-10-6-5-9-17(18)15-19(22)16-7-3-2-4-8-16/h2-10,15H,11-14H2,1H3. The number of likely N-dealkylation sites (N-methyl/N-ethyl adjacent to an activating group) is 1. The van der Waals surface area contributed by atoms with Crippen molar-refractivity contribution in [1.82, 2.24) is 9.58 Å². The lowest BCUT2D eigenvalue weighted by atomic mass is 10.1. The van der Waals surface area contributed by atoms with E-state index in [9.17, 15) is 0 Å². The number of benzene rings is 2. The molecule has 1 fully saturated rings. The van der Waals surface area contributed by atoms with Crippen molar-refractivity contribution < 1.29 is 0 Å². The summed E-state index contributed by atoms with van der Waals surface area (Å²) in [5, 5.41) is 3.78. The summed E-state index contributed by atoms with van der Waals surface area (Å²) < 4.78 is 2.41. The summed E-state index contributed by atoms with van der Waals surface area (Å²) in [4.78, 5) is 2.39. The van der Waals surface area contributed by atoms with Gasteiger partial charge in [-0.25, -0.2) is 0 Å². The lowest BCUT2D eigenvalue weighted by Gasteiger charge is -2.36. The highest BCUT2D eigenvalue weighted by Crippen LogP contribution is 2.28. The first-order chi connectivity index (χ1) is 10.8. The summed E-state index contributed by atoms with van der Waals surface area (Å²) in [5.74, 6) is 0. The number of piperazine rings is 1. The van der Waals surface area contributed by atoms with E-state index in [1.165, 1.54) is 22.2 Å². The second-order valence-corrected chi connectivity index (χ2v) is 6.02. The predicted molar refractivity (Wildman–Crippen MR) is 92.8 cm³/mol. The van der Waals surface area contributed by atoms with Gasteiger partial charge < -0.3 is 9.91 Å². The van der Waals surface area contributed by atoms with Crippen LogP contribution in [0.3, 0.4) is 0 Å². The van der Waals surface area contributed by atoms with Crippen molar-refractivity contribution in [2.24, 2.45) is 0 Å². The summed E-state index contributed by atoms with van der Waals surface area (Å²) >= 11 is 0. The summed E-state index contributed by atoms with van der Waals surface area (Å²) in [7, 11) is 2.20. The van der Waals surface area contributed by atoms with Crippen LogP contribution in [0.5, 0.6) is 0 Å². The smallest absolute Gasteiger partial charge is 0.0708 e. The van der Waals surface area contributed by atoms with Crippen LogP contribution in [0.4, 0.5) is 0 Å². The Balaban J connectivity index is 1.87. The van der Waals surface area contributed by atoms with E-state index < -0.39 is 0 Å². The average Bonchev–Trinajstić information content (AvgIpc) is 2.96. The predicted octanol–water partition coefficient (Wildman–Crippen LogP) is 3.19. The molecule has 22 heavy (non-hydrogen) atoms. The van der Waals surface area contributed by atoms with Gasteiger partial charge in [-0.3, -0.25) is 4.68 Å². The fourth-order valence-electron chi connectivity index (χ4n) is 3.26. The number of nitrogens with zero attached hydrogens (tertiary/aromatic N) is 3. The van der Waals surface area contributed by atoms with E-state index in [1.807, 2.05) is 0 Å². The third kappa shape index (κ3) is 2.28. The topological polar surface area (TPSA) is 11.4 Å². The van der Waals surface area contributed by atoms with Gasteiger partial charge in [0.25, 0.3) is 0 Å². The molecule has 2 aromatic carbocycles. The van der Waals surface area contributed by atoms with Gasteiger partial charge in [0, 0.05) is 37.1 Å². The number of hydrogen-bond acceptors (Lipinski definition) is 2. The van der Waals surface area contributed by atoms with Gasteiger partial charge in [0.1, 0.15) is 0 Å². The lowest BCUT2D eigenvalue weighted by Crippen LogP contribution is -2.49. The van der Waals surface area contributed by atoms with E-state index in [4.69, 9.17) is 0 Å². The Morgan fingerprint density at radius 1 is 0.773 bits per heavy atom. The summed E-state index contributed by atoms with van der Waals surface area (Å²) in [6.07, 6.45) is 0. The Labute approximate surface area is 131 Å². The zero-order valence-electron chi connectivity index (χ0n) is 12.9. The minimum Gasteiger partial charge on any atom is -0.310 e. The number of rotatable bonds is 2. The summed E-state index contributed by atoms with van der Waals surface area (Å²) in [5.41, 5.74) is 3.86. The van der Waals surface area contributed by atoms with E-state index in [0.717, 1.165) is 26.2 Å².